The van der Waals surface area contributed by atoms with Crippen molar-refractivity contribution in [2.75, 3.05) is 0 Å². The maximum absolute atomic E-state index is 5.95. The van der Waals surface area contributed by atoms with Crippen molar-refractivity contribution < 1.29 is 0 Å². The summed E-state index contributed by atoms with van der Waals surface area (Å²) >= 11 is 7.57. The zero-order chi connectivity index (χ0) is 12.0. The molecule has 0 N–H and O–H groups in total. The summed E-state index contributed by atoms with van der Waals surface area (Å²) in [6, 6.07) is 2.07. The first-order chi connectivity index (χ1) is 8.15. The number of aromatic nitrogens is 4. The Kier molecular flexibility index (Phi) is 2.38. The number of aryl methyl sites for hydroxylation is 2. The van der Waals surface area contributed by atoms with E-state index in [1.807, 2.05) is 24.6 Å². The van der Waals surface area contributed by atoms with Gasteiger partial charge in [0.05, 0.1) is 5.39 Å². The normalized spacial score (nSPS) is 11.2. The van der Waals surface area contributed by atoms with Gasteiger partial charge in [-0.25, -0.2) is 9.97 Å². The Morgan fingerprint density at radius 3 is 2.82 bits per heavy atom. The lowest BCUT2D eigenvalue weighted by atomic mass is 10.3. The SMILES string of the molecule is Cc1cc2c(-n3ccnc3C)nc(Cl)nc2s1. The van der Waals surface area contributed by atoms with Crippen molar-refractivity contribution in [2.24, 2.45) is 0 Å². The van der Waals surface area contributed by atoms with Crippen molar-refractivity contribution in [1.82, 2.24) is 19.5 Å². The Morgan fingerprint density at radius 1 is 1.29 bits per heavy atom. The van der Waals surface area contributed by atoms with Crippen molar-refractivity contribution in [2.45, 2.75) is 13.8 Å². The first kappa shape index (κ1) is 10.7. The van der Waals surface area contributed by atoms with Crippen LogP contribution in [0, 0.1) is 13.8 Å². The molecule has 3 heterocycles. The lowest BCUT2D eigenvalue weighted by Gasteiger charge is -2.05. The topological polar surface area (TPSA) is 43.6 Å². The summed E-state index contributed by atoms with van der Waals surface area (Å²) in [4.78, 5) is 14.8. The number of hydrogen-bond acceptors (Lipinski definition) is 4. The van der Waals surface area contributed by atoms with E-state index in [0.29, 0.717) is 0 Å². The fourth-order valence-electron chi connectivity index (χ4n) is 1.79. The van der Waals surface area contributed by atoms with E-state index < -0.39 is 0 Å². The third-order valence-electron chi connectivity index (χ3n) is 2.52. The molecule has 3 aromatic rings. The van der Waals surface area contributed by atoms with Crippen LogP contribution in [0.5, 0.6) is 0 Å². The molecule has 86 valence electrons. The average Bonchev–Trinajstić information content (AvgIpc) is 2.82. The van der Waals surface area contributed by atoms with E-state index in [2.05, 4.69) is 21.0 Å². The molecule has 0 aliphatic carbocycles. The van der Waals surface area contributed by atoms with Gasteiger partial charge in [0.15, 0.2) is 5.82 Å². The molecule has 0 aliphatic rings. The Labute approximate surface area is 107 Å². The predicted molar refractivity (Wildman–Crippen MR) is 69.0 cm³/mol. The summed E-state index contributed by atoms with van der Waals surface area (Å²) in [6.07, 6.45) is 3.62. The van der Waals surface area contributed by atoms with Crippen LogP contribution in [0.15, 0.2) is 18.5 Å². The lowest BCUT2D eigenvalue weighted by molar-refractivity contribution is 0.936. The van der Waals surface area contributed by atoms with Crippen LogP contribution in [0.3, 0.4) is 0 Å². The van der Waals surface area contributed by atoms with Gasteiger partial charge >= 0.3 is 0 Å². The number of fused-ring (bicyclic) bond motifs is 1. The Balaban J connectivity index is 2.39. The van der Waals surface area contributed by atoms with Gasteiger partial charge in [-0.05, 0) is 31.5 Å². The van der Waals surface area contributed by atoms with E-state index in [-0.39, 0.29) is 5.28 Å². The highest BCUT2D eigenvalue weighted by Gasteiger charge is 2.12. The van der Waals surface area contributed by atoms with E-state index in [1.54, 1.807) is 17.5 Å². The second-order valence-corrected chi connectivity index (χ2v) is 5.31. The van der Waals surface area contributed by atoms with Gasteiger partial charge in [0, 0.05) is 17.3 Å². The van der Waals surface area contributed by atoms with E-state index >= 15 is 0 Å². The zero-order valence-corrected chi connectivity index (χ0v) is 10.9. The molecule has 3 rings (SSSR count). The Hall–Kier alpha value is -1.46. The van der Waals surface area contributed by atoms with E-state index in [1.165, 1.54) is 4.88 Å². The Bertz CT molecular complexity index is 701. The number of imidazole rings is 1. The highest BCUT2D eigenvalue weighted by molar-refractivity contribution is 7.18. The lowest BCUT2D eigenvalue weighted by Crippen LogP contribution is -2.00. The van der Waals surface area contributed by atoms with Crippen LogP contribution in [0.2, 0.25) is 5.28 Å². The molecule has 3 aromatic heterocycles. The van der Waals surface area contributed by atoms with Crippen LogP contribution in [-0.4, -0.2) is 19.5 Å². The van der Waals surface area contributed by atoms with Crippen LogP contribution in [0.25, 0.3) is 16.0 Å². The highest BCUT2D eigenvalue weighted by atomic mass is 35.5. The van der Waals surface area contributed by atoms with Crippen LogP contribution in [0.4, 0.5) is 0 Å². The standard InChI is InChI=1S/C11H9ClN4S/c1-6-5-8-9(16-4-3-13-7(16)2)14-11(12)15-10(8)17-6/h3-5H,1-2H3. The van der Waals surface area contributed by atoms with Crippen molar-refractivity contribution in [3.63, 3.8) is 0 Å². The van der Waals surface area contributed by atoms with Crippen LogP contribution < -0.4 is 0 Å². The summed E-state index contributed by atoms with van der Waals surface area (Å²) in [7, 11) is 0. The minimum absolute atomic E-state index is 0.266. The number of rotatable bonds is 1. The number of thiophene rings is 1. The minimum atomic E-state index is 0.266. The van der Waals surface area contributed by atoms with Crippen molar-refractivity contribution >= 4 is 33.2 Å². The van der Waals surface area contributed by atoms with Crippen LogP contribution in [-0.2, 0) is 0 Å². The van der Waals surface area contributed by atoms with Gasteiger partial charge in [-0.15, -0.1) is 11.3 Å². The van der Waals surface area contributed by atoms with Crippen LogP contribution in [0.1, 0.15) is 10.7 Å². The van der Waals surface area contributed by atoms with E-state index in [0.717, 1.165) is 21.9 Å². The smallest absolute Gasteiger partial charge is 0.225 e. The third kappa shape index (κ3) is 1.71. The first-order valence-corrected chi connectivity index (χ1v) is 6.28. The van der Waals surface area contributed by atoms with Crippen molar-refractivity contribution in [1.29, 1.82) is 0 Å². The predicted octanol–water partition coefficient (Wildman–Crippen LogP) is 3.15. The van der Waals surface area contributed by atoms with Crippen LogP contribution >= 0.6 is 22.9 Å². The summed E-state index contributed by atoms with van der Waals surface area (Å²) < 4.78 is 1.92. The molecule has 4 nitrogen and oxygen atoms in total. The van der Waals surface area contributed by atoms with Gasteiger partial charge in [0.25, 0.3) is 0 Å². The van der Waals surface area contributed by atoms with Gasteiger partial charge in [-0.1, -0.05) is 0 Å². The molecule has 0 atom stereocenters. The summed E-state index contributed by atoms with van der Waals surface area (Å²) in [5.41, 5.74) is 0. The summed E-state index contributed by atoms with van der Waals surface area (Å²) in [6.45, 7) is 3.98. The average molecular weight is 265 g/mol. The molecule has 0 bridgehead atoms. The second kappa shape index (κ2) is 3.78. The fourth-order valence-corrected chi connectivity index (χ4v) is 2.88. The highest BCUT2D eigenvalue weighted by Crippen LogP contribution is 2.28. The first-order valence-electron chi connectivity index (χ1n) is 5.09. The number of hydrogen-bond donors (Lipinski definition) is 0. The molecule has 0 aliphatic heterocycles. The van der Waals surface area contributed by atoms with Gasteiger partial charge in [0.1, 0.15) is 10.7 Å². The van der Waals surface area contributed by atoms with E-state index in [4.69, 9.17) is 11.6 Å². The molecular weight excluding hydrogens is 256 g/mol. The molecule has 0 aromatic carbocycles. The molecule has 17 heavy (non-hydrogen) atoms. The van der Waals surface area contributed by atoms with Gasteiger partial charge in [-0.2, -0.15) is 4.98 Å². The molecule has 0 fully saturated rings. The fraction of sp³-hybridized carbons (Fsp3) is 0.182. The second-order valence-electron chi connectivity index (χ2n) is 3.74. The molecular formula is C11H9ClN4S. The van der Waals surface area contributed by atoms with Gasteiger partial charge in [0.2, 0.25) is 5.28 Å². The molecule has 0 saturated heterocycles. The quantitative estimate of drug-likeness (QED) is 0.634. The monoisotopic (exact) mass is 264 g/mol. The van der Waals surface area contributed by atoms with E-state index in [9.17, 15) is 0 Å². The summed E-state index contributed by atoms with van der Waals surface area (Å²) in [5.74, 6) is 1.67. The number of halogens is 1. The molecule has 6 heteroatoms. The van der Waals surface area contributed by atoms with Crippen molar-refractivity contribution in [3.05, 3.63) is 34.4 Å². The Morgan fingerprint density at radius 2 is 2.12 bits per heavy atom. The maximum Gasteiger partial charge on any atom is 0.225 e. The summed E-state index contributed by atoms with van der Waals surface area (Å²) in [5, 5.41) is 1.28. The molecule has 0 unspecified atom stereocenters. The molecule has 0 amide bonds. The van der Waals surface area contributed by atoms with Gasteiger partial charge in [-0.3, -0.25) is 4.57 Å². The van der Waals surface area contributed by atoms with Gasteiger partial charge < -0.3 is 0 Å². The van der Waals surface area contributed by atoms with Crippen molar-refractivity contribution in [3.8, 4) is 5.82 Å². The largest absolute Gasteiger partial charge is 0.287 e. The third-order valence-corrected chi connectivity index (χ3v) is 3.64. The molecule has 0 spiro atoms. The zero-order valence-electron chi connectivity index (χ0n) is 9.31. The maximum atomic E-state index is 5.95. The molecule has 0 saturated carbocycles. The molecule has 0 radical (unpaired) electrons. The number of nitrogens with zero attached hydrogens (tertiary/aromatic N) is 4. The minimum Gasteiger partial charge on any atom is -0.287 e.